The third-order valence-corrected chi connectivity index (χ3v) is 3.58. The zero-order valence-electron chi connectivity index (χ0n) is 12.5. The van der Waals surface area contributed by atoms with Crippen LogP contribution in [0.5, 0.6) is 5.88 Å². The van der Waals surface area contributed by atoms with Crippen molar-refractivity contribution in [2.75, 3.05) is 19.3 Å². The minimum absolute atomic E-state index is 0.151. The maximum atomic E-state index is 11.7. The molecule has 2 aromatic rings. The number of rotatable bonds is 5. The molecule has 0 aliphatic rings. The first-order valence-corrected chi connectivity index (χ1v) is 7.27. The Kier molecular flexibility index (Phi) is 6.04. The molecule has 0 N–H and O–H groups in total. The van der Waals surface area contributed by atoms with E-state index in [1.54, 1.807) is 30.3 Å². The van der Waals surface area contributed by atoms with E-state index in [1.807, 2.05) is 6.07 Å². The van der Waals surface area contributed by atoms with Gasteiger partial charge in [-0.1, -0.05) is 41.4 Å². The fourth-order valence-corrected chi connectivity index (χ4v) is 2.07. The first-order valence-electron chi connectivity index (χ1n) is 6.51. The average Bonchev–Trinajstić information content (AvgIpc) is 2.57. The Hall–Kier alpha value is -2.02. The highest BCUT2D eigenvalue weighted by molar-refractivity contribution is 6.41. The summed E-state index contributed by atoms with van der Waals surface area (Å²) in [6.07, 6.45) is -0.646. The Labute approximate surface area is 143 Å². The monoisotopic (exact) mass is 356 g/mol. The first-order chi connectivity index (χ1) is 11.1. The molecule has 23 heavy (non-hydrogen) atoms. The first kappa shape index (κ1) is 17.3. The minimum Gasteiger partial charge on any atom is -0.473 e. The fourth-order valence-electron chi connectivity index (χ4n) is 1.82. The molecule has 8 heteroatoms. The van der Waals surface area contributed by atoms with E-state index in [1.165, 1.54) is 14.2 Å². The zero-order chi connectivity index (χ0) is 16.8. The summed E-state index contributed by atoms with van der Waals surface area (Å²) in [6, 6.07) is 10.3. The van der Waals surface area contributed by atoms with Gasteiger partial charge in [-0.25, -0.2) is 4.79 Å². The second-order valence-corrected chi connectivity index (χ2v) is 5.05. The molecule has 0 radical (unpaired) electrons. The van der Waals surface area contributed by atoms with E-state index < -0.39 is 6.09 Å². The molecule has 1 aromatic heterocycles. The molecule has 0 fully saturated rings. The molecular weight excluding hydrogens is 343 g/mol. The van der Waals surface area contributed by atoms with Crippen LogP contribution >= 0.6 is 23.2 Å². The number of aromatic nitrogens is 1. The SMILES string of the molecule is COC(=O)N(OC)c1ccccc1COc1ccc(Cl)c(Cl)n1. The smallest absolute Gasteiger partial charge is 0.438 e. The second-order valence-electron chi connectivity index (χ2n) is 4.29. The van der Waals surface area contributed by atoms with E-state index in [9.17, 15) is 4.79 Å². The van der Waals surface area contributed by atoms with Gasteiger partial charge in [-0.2, -0.15) is 10.0 Å². The lowest BCUT2D eigenvalue weighted by molar-refractivity contribution is 0.115. The van der Waals surface area contributed by atoms with Crippen LogP contribution in [0, 0.1) is 0 Å². The van der Waals surface area contributed by atoms with Crippen molar-refractivity contribution in [3.05, 3.63) is 52.1 Å². The largest absolute Gasteiger partial charge is 0.473 e. The number of halogens is 2. The van der Waals surface area contributed by atoms with Crippen LogP contribution in [0.4, 0.5) is 10.5 Å². The number of nitrogens with zero attached hydrogens (tertiary/aromatic N) is 2. The van der Waals surface area contributed by atoms with Crippen molar-refractivity contribution in [1.82, 2.24) is 4.98 Å². The summed E-state index contributed by atoms with van der Waals surface area (Å²) in [7, 11) is 2.64. The number of hydroxylamine groups is 1. The molecule has 0 unspecified atom stereocenters. The Morgan fingerprint density at radius 2 is 1.91 bits per heavy atom. The lowest BCUT2D eigenvalue weighted by Crippen LogP contribution is -2.30. The van der Waals surface area contributed by atoms with E-state index in [0.717, 1.165) is 5.06 Å². The van der Waals surface area contributed by atoms with E-state index in [2.05, 4.69) is 9.72 Å². The van der Waals surface area contributed by atoms with Crippen molar-refractivity contribution in [3.8, 4) is 5.88 Å². The fraction of sp³-hybridized carbons (Fsp3) is 0.200. The molecule has 1 amide bonds. The Balaban J connectivity index is 2.20. The van der Waals surface area contributed by atoms with Crippen LogP contribution in [0.2, 0.25) is 10.2 Å². The molecule has 0 saturated heterocycles. The molecule has 1 heterocycles. The predicted octanol–water partition coefficient (Wildman–Crippen LogP) is 4.10. The van der Waals surface area contributed by atoms with Crippen LogP contribution in [-0.4, -0.2) is 25.3 Å². The van der Waals surface area contributed by atoms with Crippen LogP contribution in [0.25, 0.3) is 0 Å². The molecule has 122 valence electrons. The number of carbonyl (C=O) groups is 1. The van der Waals surface area contributed by atoms with Gasteiger partial charge in [0, 0.05) is 11.6 Å². The number of para-hydroxylation sites is 1. The average molecular weight is 357 g/mol. The van der Waals surface area contributed by atoms with Crippen molar-refractivity contribution in [2.45, 2.75) is 6.61 Å². The third-order valence-electron chi connectivity index (χ3n) is 2.89. The van der Waals surface area contributed by atoms with Crippen LogP contribution in [0.3, 0.4) is 0 Å². The van der Waals surface area contributed by atoms with Crippen molar-refractivity contribution in [3.63, 3.8) is 0 Å². The van der Waals surface area contributed by atoms with Crippen molar-refractivity contribution in [2.24, 2.45) is 0 Å². The Morgan fingerprint density at radius 3 is 2.57 bits per heavy atom. The standard InChI is InChI=1S/C15H14Cl2N2O4/c1-21-15(20)19(22-2)12-6-4-3-5-10(12)9-23-13-8-7-11(16)14(17)18-13/h3-8H,9H2,1-2H3. The van der Waals surface area contributed by atoms with Gasteiger partial charge >= 0.3 is 6.09 Å². The van der Waals surface area contributed by atoms with Gasteiger partial charge in [0.2, 0.25) is 5.88 Å². The topological polar surface area (TPSA) is 60.9 Å². The van der Waals surface area contributed by atoms with Gasteiger partial charge in [0.15, 0.2) is 5.15 Å². The minimum atomic E-state index is -0.646. The number of ether oxygens (including phenoxy) is 2. The van der Waals surface area contributed by atoms with Gasteiger partial charge < -0.3 is 9.47 Å². The third kappa shape index (κ3) is 4.25. The summed E-state index contributed by atoms with van der Waals surface area (Å²) < 4.78 is 10.3. The van der Waals surface area contributed by atoms with Crippen LogP contribution < -0.4 is 9.80 Å². The quantitative estimate of drug-likeness (QED) is 0.596. The van der Waals surface area contributed by atoms with Crippen molar-refractivity contribution in [1.29, 1.82) is 0 Å². The number of hydrogen-bond acceptors (Lipinski definition) is 5. The number of benzene rings is 1. The molecule has 0 bridgehead atoms. The molecular formula is C15H14Cl2N2O4. The summed E-state index contributed by atoms with van der Waals surface area (Å²) in [6.45, 7) is 0.151. The van der Waals surface area contributed by atoms with Gasteiger partial charge in [-0.05, 0) is 12.1 Å². The second kappa shape index (κ2) is 8.01. The summed E-state index contributed by atoms with van der Waals surface area (Å²) in [5, 5.41) is 1.53. The summed E-state index contributed by atoms with van der Waals surface area (Å²) >= 11 is 11.7. The maximum Gasteiger partial charge on any atom is 0.438 e. The highest BCUT2D eigenvalue weighted by Gasteiger charge is 2.19. The number of hydrogen-bond donors (Lipinski definition) is 0. The Bertz CT molecular complexity index is 697. The number of anilines is 1. The molecule has 6 nitrogen and oxygen atoms in total. The lowest BCUT2D eigenvalue weighted by atomic mass is 10.2. The van der Waals surface area contributed by atoms with Gasteiger partial charge in [0.1, 0.15) is 6.61 Å². The van der Waals surface area contributed by atoms with E-state index in [0.29, 0.717) is 22.2 Å². The van der Waals surface area contributed by atoms with Crippen molar-refractivity contribution < 1.29 is 19.1 Å². The zero-order valence-corrected chi connectivity index (χ0v) is 14.0. The van der Waals surface area contributed by atoms with E-state index in [4.69, 9.17) is 32.8 Å². The molecule has 0 aliphatic heterocycles. The summed E-state index contributed by atoms with van der Waals surface area (Å²) in [4.78, 5) is 20.8. The maximum absolute atomic E-state index is 11.7. The predicted molar refractivity (Wildman–Crippen MR) is 86.9 cm³/mol. The number of methoxy groups -OCH3 is 1. The molecule has 0 spiro atoms. The van der Waals surface area contributed by atoms with Crippen LogP contribution in [0.15, 0.2) is 36.4 Å². The summed E-state index contributed by atoms with van der Waals surface area (Å²) in [5.74, 6) is 0.316. The van der Waals surface area contributed by atoms with E-state index in [-0.39, 0.29) is 11.8 Å². The number of carbonyl (C=O) groups excluding carboxylic acids is 1. The van der Waals surface area contributed by atoms with Gasteiger partial charge in [-0.15, -0.1) is 0 Å². The van der Waals surface area contributed by atoms with Gasteiger partial charge in [0.05, 0.1) is 24.9 Å². The van der Waals surface area contributed by atoms with Crippen LogP contribution in [-0.2, 0) is 16.2 Å². The molecule has 0 saturated carbocycles. The van der Waals surface area contributed by atoms with Gasteiger partial charge in [0.25, 0.3) is 0 Å². The van der Waals surface area contributed by atoms with Gasteiger partial charge in [-0.3, -0.25) is 4.84 Å². The van der Waals surface area contributed by atoms with E-state index >= 15 is 0 Å². The molecule has 1 aromatic carbocycles. The molecule has 2 rings (SSSR count). The lowest BCUT2D eigenvalue weighted by Gasteiger charge is -2.20. The Morgan fingerprint density at radius 1 is 1.17 bits per heavy atom. The number of pyridine rings is 1. The highest BCUT2D eigenvalue weighted by Crippen LogP contribution is 2.25. The molecule has 0 atom stereocenters. The van der Waals surface area contributed by atoms with Crippen molar-refractivity contribution >= 4 is 35.0 Å². The molecule has 0 aliphatic carbocycles. The van der Waals surface area contributed by atoms with Crippen LogP contribution in [0.1, 0.15) is 5.56 Å². The highest BCUT2D eigenvalue weighted by atomic mass is 35.5. The number of amides is 1. The normalized spacial score (nSPS) is 10.3. The summed E-state index contributed by atoms with van der Waals surface area (Å²) in [5.41, 5.74) is 1.20.